The zero-order valence-electron chi connectivity index (χ0n) is 13.3. The number of ether oxygens (including phenoxy) is 1. The van der Waals surface area contributed by atoms with Crippen molar-refractivity contribution in [3.05, 3.63) is 29.3 Å². The molecule has 0 atom stereocenters. The van der Waals surface area contributed by atoms with Crippen molar-refractivity contribution >= 4 is 11.8 Å². The van der Waals surface area contributed by atoms with Crippen LogP contribution in [0.2, 0.25) is 0 Å². The van der Waals surface area contributed by atoms with E-state index >= 15 is 0 Å². The minimum atomic E-state index is -0.493. The Morgan fingerprint density at radius 3 is 2.30 bits per heavy atom. The molecule has 3 N–H and O–H groups in total. The molecule has 0 unspecified atom stereocenters. The molecule has 0 aliphatic heterocycles. The predicted molar refractivity (Wildman–Crippen MR) is 82.6 cm³/mol. The Balaban J connectivity index is 2.82. The number of benzene rings is 1. The molecule has 1 rings (SSSR count). The summed E-state index contributed by atoms with van der Waals surface area (Å²) >= 11 is 0. The number of nitrogen functional groups attached to an aromatic ring is 1. The standard InChI is InChI=1S/C16H26N2O2/c1-15(2,3)13-8-7-12(17)9-11(13)10-18-14(19)20-16(4,5)6/h7-9H,10,17H2,1-6H3,(H,18,19). The zero-order chi connectivity index (χ0) is 15.6. The lowest BCUT2D eigenvalue weighted by atomic mass is 9.83. The topological polar surface area (TPSA) is 64.3 Å². The van der Waals surface area contributed by atoms with E-state index in [9.17, 15) is 4.79 Å². The number of rotatable bonds is 2. The molecule has 1 amide bonds. The van der Waals surface area contributed by atoms with Gasteiger partial charge in [-0.25, -0.2) is 4.79 Å². The van der Waals surface area contributed by atoms with E-state index in [1.54, 1.807) is 0 Å². The van der Waals surface area contributed by atoms with Crippen LogP contribution >= 0.6 is 0 Å². The van der Waals surface area contributed by atoms with E-state index in [0.29, 0.717) is 12.2 Å². The normalized spacial score (nSPS) is 12.1. The second kappa shape index (κ2) is 5.73. The molecular formula is C16H26N2O2. The first kappa shape index (κ1) is 16.3. The van der Waals surface area contributed by atoms with Gasteiger partial charge in [0, 0.05) is 12.2 Å². The fourth-order valence-corrected chi connectivity index (χ4v) is 1.97. The molecule has 0 aliphatic rings. The maximum absolute atomic E-state index is 11.7. The van der Waals surface area contributed by atoms with Gasteiger partial charge in [0.25, 0.3) is 0 Å². The highest BCUT2D eigenvalue weighted by molar-refractivity contribution is 5.68. The molecule has 20 heavy (non-hydrogen) atoms. The van der Waals surface area contributed by atoms with Crippen LogP contribution in [0.3, 0.4) is 0 Å². The third-order valence-electron chi connectivity index (χ3n) is 2.76. The smallest absolute Gasteiger partial charge is 0.407 e. The summed E-state index contributed by atoms with van der Waals surface area (Å²) in [5.74, 6) is 0. The van der Waals surface area contributed by atoms with Crippen molar-refractivity contribution in [1.29, 1.82) is 0 Å². The molecule has 0 bridgehead atoms. The van der Waals surface area contributed by atoms with Gasteiger partial charge in [-0.2, -0.15) is 0 Å². The Morgan fingerprint density at radius 2 is 1.80 bits per heavy atom. The van der Waals surface area contributed by atoms with Crippen molar-refractivity contribution in [1.82, 2.24) is 5.32 Å². The van der Waals surface area contributed by atoms with Gasteiger partial charge in [0.05, 0.1) is 0 Å². The molecule has 0 heterocycles. The molecule has 0 radical (unpaired) electrons. The van der Waals surface area contributed by atoms with E-state index in [4.69, 9.17) is 10.5 Å². The second-order valence-electron chi connectivity index (χ2n) is 7.02. The summed E-state index contributed by atoms with van der Waals surface area (Å²) < 4.78 is 5.23. The van der Waals surface area contributed by atoms with Crippen molar-refractivity contribution in [2.75, 3.05) is 5.73 Å². The fraction of sp³-hybridized carbons (Fsp3) is 0.562. The lowest BCUT2D eigenvalue weighted by molar-refractivity contribution is 0.0523. The summed E-state index contributed by atoms with van der Waals surface area (Å²) in [6, 6.07) is 5.80. The van der Waals surface area contributed by atoms with Crippen molar-refractivity contribution < 1.29 is 9.53 Å². The van der Waals surface area contributed by atoms with Crippen molar-refractivity contribution in [3.63, 3.8) is 0 Å². The molecule has 0 saturated heterocycles. The number of anilines is 1. The molecule has 4 nitrogen and oxygen atoms in total. The number of carbonyl (C=O) groups excluding carboxylic acids is 1. The highest BCUT2D eigenvalue weighted by atomic mass is 16.6. The number of hydrogen-bond donors (Lipinski definition) is 2. The average Bonchev–Trinajstić information content (AvgIpc) is 2.22. The molecule has 0 aliphatic carbocycles. The van der Waals surface area contributed by atoms with Gasteiger partial charge in [-0.05, 0) is 49.4 Å². The molecule has 1 aromatic carbocycles. The molecule has 0 fully saturated rings. The highest BCUT2D eigenvalue weighted by Crippen LogP contribution is 2.27. The van der Waals surface area contributed by atoms with Crippen LogP contribution in [0.25, 0.3) is 0 Å². The van der Waals surface area contributed by atoms with E-state index in [1.165, 1.54) is 5.56 Å². The molecule has 4 heteroatoms. The van der Waals surface area contributed by atoms with Crippen molar-refractivity contribution in [2.24, 2.45) is 0 Å². The number of hydrogen-bond acceptors (Lipinski definition) is 3. The SMILES string of the molecule is CC(C)(C)OC(=O)NCc1cc(N)ccc1C(C)(C)C. The minimum absolute atomic E-state index is 0.00134. The van der Waals surface area contributed by atoms with E-state index in [-0.39, 0.29) is 5.41 Å². The summed E-state index contributed by atoms with van der Waals surface area (Å²) in [4.78, 5) is 11.7. The summed E-state index contributed by atoms with van der Waals surface area (Å²) in [6.07, 6.45) is -0.417. The fourth-order valence-electron chi connectivity index (χ4n) is 1.97. The summed E-state index contributed by atoms with van der Waals surface area (Å²) in [5, 5.41) is 2.78. The quantitative estimate of drug-likeness (QED) is 0.812. The largest absolute Gasteiger partial charge is 0.444 e. The van der Waals surface area contributed by atoms with Crippen LogP contribution in [0.15, 0.2) is 18.2 Å². The van der Waals surface area contributed by atoms with Gasteiger partial charge in [-0.3, -0.25) is 0 Å². The van der Waals surface area contributed by atoms with Gasteiger partial charge in [-0.15, -0.1) is 0 Å². The van der Waals surface area contributed by atoms with E-state index in [0.717, 1.165) is 5.56 Å². The number of alkyl carbamates (subject to hydrolysis) is 1. The van der Waals surface area contributed by atoms with Gasteiger partial charge in [0.2, 0.25) is 0 Å². The van der Waals surface area contributed by atoms with Gasteiger partial charge in [0.1, 0.15) is 5.60 Å². The second-order valence-corrected chi connectivity index (χ2v) is 7.02. The maximum Gasteiger partial charge on any atom is 0.407 e. The van der Waals surface area contributed by atoms with Crippen molar-refractivity contribution in [3.8, 4) is 0 Å². The van der Waals surface area contributed by atoms with Crippen LogP contribution in [0, 0.1) is 0 Å². The van der Waals surface area contributed by atoms with E-state index in [2.05, 4.69) is 26.1 Å². The number of nitrogens with one attached hydrogen (secondary N) is 1. The van der Waals surface area contributed by atoms with E-state index < -0.39 is 11.7 Å². The Labute approximate surface area is 121 Å². The lowest BCUT2D eigenvalue weighted by Crippen LogP contribution is -2.32. The number of amides is 1. The Hall–Kier alpha value is -1.71. The average molecular weight is 278 g/mol. The lowest BCUT2D eigenvalue weighted by Gasteiger charge is -2.24. The van der Waals surface area contributed by atoms with Gasteiger partial charge in [-0.1, -0.05) is 26.8 Å². The van der Waals surface area contributed by atoms with Crippen LogP contribution in [-0.2, 0) is 16.7 Å². The third kappa shape index (κ3) is 5.11. The number of carbonyl (C=O) groups is 1. The Kier molecular flexibility index (Phi) is 4.69. The molecule has 1 aromatic rings. The Bertz CT molecular complexity index is 482. The van der Waals surface area contributed by atoms with Crippen LogP contribution in [0.4, 0.5) is 10.5 Å². The first-order valence-electron chi connectivity index (χ1n) is 6.85. The van der Waals surface area contributed by atoms with Crippen molar-refractivity contribution in [2.45, 2.75) is 59.1 Å². The summed E-state index contributed by atoms with van der Waals surface area (Å²) in [5.41, 5.74) is 8.22. The minimum Gasteiger partial charge on any atom is -0.444 e. The van der Waals surface area contributed by atoms with Crippen LogP contribution in [0.5, 0.6) is 0 Å². The molecule has 0 aromatic heterocycles. The van der Waals surface area contributed by atoms with Gasteiger partial charge >= 0.3 is 6.09 Å². The van der Waals surface area contributed by atoms with E-state index in [1.807, 2.05) is 39.0 Å². The van der Waals surface area contributed by atoms with Crippen LogP contribution in [-0.4, -0.2) is 11.7 Å². The first-order chi connectivity index (χ1) is 8.99. The molecular weight excluding hydrogens is 252 g/mol. The summed E-state index contributed by atoms with van der Waals surface area (Å²) in [6.45, 7) is 12.3. The highest BCUT2D eigenvalue weighted by Gasteiger charge is 2.20. The molecule has 112 valence electrons. The number of nitrogens with two attached hydrogens (primary N) is 1. The van der Waals surface area contributed by atoms with Gasteiger partial charge < -0.3 is 15.8 Å². The summed E-state index contributed by atoms with van der Waals surface area (Å²) in [7, 11) is 0. The predicted octanol–water partition coefficient (Wildman–Crippen LogP) is 3.59. The first-order valence-corrected chi connectivity index (χ1v) is 6.85. The molecule has 0 spiro atoms. The van der Waals surface area contributed by atoms with Gasteiger partial charge in [0.15, 0.2) is 0 Å². The van der Waals surface area contributed by atoms with Crippen LogP contribution < -0.4 is 11.1 Å². The zero-order valence-corrected chi connectivity index (χ0v) is 13.3. The monoisotopic (exact) mass is 278 g/mol. The molecule has 0 saturated carbocycles. The van der Waals surface area contributed by atoms with Crippen LogP contribution in [0.1, 0.15) is 52.7 Å². The Morgan fingerprint density at radius 1 is 1.20 bits per heavy atom. The third-order valence-corrected chi connectivity index (χ3v) is 2.76. The maximum atomic E-state index is 11.7.